The van der Waals surface area contributed by atoms with E-state index in [0.717, 1.165) is 38.0 Å². The molecule has 0 aromatic carbocycles. The van der Waals surface area contributed by atoms with E-state index in [-0.39, 0.29) is 12.1 Å². The first-order chi connectivity index (χ1) is 10.7. The van der Waals surface area contributed by atoms with Crippen molar-refractivity contribution in [2.75, 3.05) is 13.2 Å². The highest BCUT2D eigenvalue weighted by Gasteiger charge is 2.41. The fraction of sp³-hybridized carbons (Fsp3) is 0.647. The molecule has 120 valence electrons. The second kappa shape index (κ2) is 6.65. The van der Waals surface area contributed by atoms with E-state index in [1.807, 2.05) is 25.3 Å². The zero-order valence-corrected chi connectivity index (χ0v) is 13.2. The fourth-order valence-corrected chi connectivity index (χ4v) is 3.43. The van der Waals surface area contributed by atoms with Gasteiger partial charge in [0.15, 0.2) is 0 Å². The molecule has 5 nitrogen and oxygen atoms in total. The highest BCUT2D eigenvalue weighted by atomic mass is 16.5. The summed E-state index contributed by atoms with van der Waals surface area (Å²) < 4.78 is 5.34. The first-order valence-electron chi connectivity index (χ1n) is 8.19. The number of hydrogen-bond donors (Lipinski definition) is 2. The number of aromatic nitrogens is 1. The van der Waals surface area contributed by atoms with Crippen molar-refractivity contribution in [1.29, 1.82) is 0 Å². The van der Waals surface area contributed by atoms with E-state index in [1.54, 1.807) is 6.20 Å². The second-order valence-corrected chi connectivity index (χ2v) is 6.85. The van der Waals surface area contributed by atoms with Crippen molar-refractivity contribution in [1.82, 2.24) is 15.6 Å². The monoisotopic (exact) mass is 303 g/mol. The summed E-state index contributed by atoms with van der Waals surface area (Å²) in [5.74, 6) is 0. The molecule has 1 aromatic rings. The van der Waals surface area contributed by atoms with Crippen LogP contribution in [0.1, 0.15) is 38.2 Å². The number of carbonyl (C=O) groups excluding carboxylic acids is 1. The van der Waals surface area contributed by atoms with Crippen LogP contribution in [0.2, 0.25) is 0 Å². The fourth-order valence-electron chi connectivity index (χ4n) is 3.43. The van der Waals surface area contributed by atoms with E-state index in [1.165, 1.54) is 12.8 Å². The zero-order chi connectivity index (χ0) is 15.4. The number of carbonyl (C=O) groups is 1. The molecule has 1 saturated heterocycles. The summed E-state index contributed by atoms with van der Waals surface area (Å²) in [6.45, 7) is 3.84. The van der Waals surface area contributed by atoms with Gasteiger partial charge in [0, 0.05) is 29.9 Å². The van der Waals surface area contributed by atoms with Gasteiger partial charge in [-0.05, 0) is 50.7 Å². The van der Waals surface area contributed by atoms with Crippen LogP contribution in [-0.4, -0.2) is 36.3 Å². The molecular formula is C17H25N3O2. The predicted molar refractivity (Wildman–Crippen MR) is 84.6 cm³/mol. The molecule has 2 N–H and O–H groups in total. The lowest BCUT2D eigenvalue weighted by Gasteiger charge is -2.46. The molecule has 2 aliphatic rings. The van der Waals surface area contributed by atoms with E-state index >= 15 is 0 Å². The van der Waals surface area contributed by atoms with Gasteiger partial charge in [-0.3, -0.25) is 4.98 Å². The van der Waals surface area contributed by atoms with E-state index in [0.29, 0.717) is 11.5 Å². The number of amides is 2. The minimum Gasteiger partial charge on any atom is -0.380 e. The summed E-state index contributed by atoms with van der Waals surface area (Å²) in [6.07, 6.45) is 8.87. The molecule has 1 atom stereocenters. The normalized spacial score (nSPS) is 21.9. The summed E-state index contributed by atoms with van der Waals surface area (Å²) in [7, 11) is 0. The van der Waals surface area contributed by atoms with Gasteiger partial charge in [-0.25, -0.2) is 4.79 Å². The maximum atomic E-state index is 12.1. The molecule has 1 aliphatic carbocycles. The number of urea groups is 1. The summed E-state index contributed by atoms with van der Waals surface area (Å²) in [4.78, 5) is 16.2. The van der Waals surface area contributed by atoms with E-state index in [9.17, 15) is 4.79 Å². The van der Waals surface area contributed by atoms with E-state index in [2.05, 4.69) is 15.6 Å². The number of hydrogen-bond acceptors (Lipinski definition) is 3. The van der Waals surface area contributed by atoms with Crippen LogP contribution in [0.3, 0.4) is 0 Å². The maximum absolute atomic E-state index is 12.1. The van der Waals surface area contributed by atoms with Crippen molar-refractivity contribution in [2.45, 2.75) is 51.1 Å². The van der Waals surface area contributed by atoms with Crippen molar-refractivity contribution in [3.63, 3.8) is 0 Å². The SMILES string of the molecule is CC(Cc1cccnc1)NC(=O)NC1CCC2(CC1)COC2. The van der Waals surface area contributed by atoms with Crippen LogP contribution >= 0.6 is 0 Å². The number of rotatable bonds is 4. The minimum absolute atomic E-state index is 0.0535. The molecule has 1 aliphatic heterocycles. The third kappa shape index (κ3) is 3.77. The quantitative estimate of drug-likeness (QED) is 0.897. The number of nitrogens with one attached hydrogen (secondary N) is 2. The highest BCUT2D eigenvalue weighted by Crippen LogP contribution is 2.42. The maximum Gasteiger partial charge on any atom is 0.315 e. The molecule has 1 aromatic heterocycles. The molecular weight excluding hydrogens is 278 g/mol. The van der Waals surface area contributed by atoms with Gasteiger partial charge in [0.1, 0.15) is 0 Å². The van der Waals surface area contributed by atoms with Crippen molar-refractivity contribution >= 4 is 6.03 Å². The lowest BCUT2D eigenvalue weighted by Crippen LogP contribution is -2.51. The second-order valence-electron chi connectivity index (χ2n) is 6.85. The van der Waals surface area contributed by atoms with Gasteiger partial charge in [0.05, 0.1) is 13.2 Å². The van der Waals surface area contributed by atoms with Crippen LogP contribution in [-0.2, 0) is 11.2 Å². The zero-order valence-electron chi connectivity index (χ0n) is 13.2. The van der Waals surface area contributed by atoms with Crippen LogP contribution in [0, 0.1) is 5.41 Å². The third-order valence-corrected chi connectivity index (χ3v) is 4.84. The Labute approximate surface area is 131 Å². The molecule has 2 heterocycles. The van der Waals surface area contributed by atoms with Gasteiger partial charge in [0.2, 0.25) is 0 Å². The van der Waals surface area contributed by atoms with Crippen LogP contribution < -0.4 is 10.6 Å². The molecule has 1 unspecified atom stereocenters. The van der Waals surface area contributed by atoms with Gasteiger partial charge in [-0.15, -0.1) is 0 Å². The Balaban J connectivity index is 1.39. The first kappa shape index (κ1) is 15.3. The third-order valence-electron chi connectivity index (χ3n) is 4.84. The highest BCUT2D eigenvalue weighted by molar-refractivity contribution is 5.74. The van der Waals surface area contributed by atoms with Crippen LogP contribution in [0.15, 0.2) is 24.5 Å². The van der Waals surface area contributed by atoms with Crippen molar-refractivity contribution < 1.29 is 9.53 Å². The number of ether oxygens (including phenoxy) is 1. The Morgan fingerprint density at radius 3 is 2.82 bits per heavy atom. The van der Waals surface area contributed by atoms with Gasteiger partial charge in [-0.2, -0.15) is 0 Å². The van der Waals surface area contributed by atoms with Crippen LogP contribution in [0.25, 0.3) is 0 Å². The Morgan fingerprint density at radius 2 is 2.23 bits per heavy atom. The van der Waals surface area contributed by atoms with Gasteiger partial charge in [-0.1, -0.05) is 6.07 Å². The summed E-state index contributed by atoms with van der Waals surface area (Å²) in [5.41, 5.74) is 1.57. The largest absolute Gasteiger partial charge is 0.380 e. The number of nitrogens with zero attached hydrogens (tertiary/aromatic N) is 1. The molecule has 5 heteroatoms. The smallest absolute Gasteiger partial charge is 0.315 e. The van der Waals surface area contributed by atoms with E-state index < -0.39 is 0 Å². The Bertz CT molecular complexity index is 492. The van der Waals surface area contributed by atoms with Crippen molar-refractivity contribution in [3.05, 3.63) is 30.1 Å². The molecule has 3 rings (SSSR count). The molecule has 2 fully saturated rings. The topological polar surface area (TPSA) is 63.2 Å². The van der Waals surface area contributed by atoms with Crippen molar-refractivity contribution in [2.24, 2.45) is 5.41 Å². The summed E-state index contributed by atoms with van der Waals surface area (Å²) in [6, 6.07) is 4.30. The molecule has 0 bridgehead atoms. The summed E-state index contributed by atoms with van der Waals surface area (Å²) in [5, 5.41) is 6.14. The Hall–Kier alpha value is -1.62. The average molecular weight is 303 g/mol. The van der Waals surface area contributed by atoms with Gasteiger partial charge >= 0.3 is 6.03 Å². The molecule has 0 radical (unpaired) electrons. The Kier molecular flexibility index (Phi) is 4.62. The Morgan fingerprint density at radius 1 is 1.45 bits per heavy atom. The molecule has 1 saturated carbocycles. The van der Waals surface area contributed by atoms with E-state index in [4.69, 9.17) is 4.74 Å². The number of pyridine rings is 1. The van der Waals surface area contributed by atoms with Gasteiger partial charge in [0.25, 0.3) is 0 Å². The minimum atomic E-state index is -0.0535. The van der Waals surface area contributed by atoms with Crippen LogP contribution in [0.4, 0.5) is 4.79 Å². The van der Waals surface area contributed by atoms with Gasteiger partial charge < -0.3 is 15.4 Å². The average Bonchev–Trinajstić information content (AvgIpc) is 2.47. The lowest BCUT2D eigenvalue weighted by molar-refractivity contribution is -0.133. The molecule has 1 spiro atoms. The van der Waals surface area contributed by atoms with Crippen molar-refractivity contribution in [3.8, 4) is 0 Å². The molecule has 22 heavy (non-hydrogen) atoms. The molecule has 2 amide bonds. The standard InChI is InChI=1S/C17H25N3O2/c1-13(9-14-3-2-8-18-10-14)19-16(21)20-15-4-6-17(7-5-15)11-22-12-17/h2-3,8,10,13,15H,4-7,9,11-12H2,1H3,(H2,19,20,21). The van der Waals surface area contributed by atoms with Crippen LogP contribution in [0.5, 0.6) is 0 Å². The first-order valence-corrected chi connectivity index (χ1v) is 8.19. The lowest BCUT2D eigenvalue weighted by atomic mass is 9.71. The summed E-state index contributed by atoms with van der Waals surface area (Å²) >= 11 is 0. The predicted octanol–water partition coefficient (Wildman–Crippen LogP) is 2.27.